The minimum absolute atomic E-state index is 0.297. The standard InChI is InChI=1S/C28H46N8O14S2/c1-13(29)7-18(37)28(27(50)34-10-23(43)44,36(21(40)8-14(2)30)20(39)6-4-16(32)26(48)49)12-52-51-11-17(24(45)33-9-22(41)42)35-19(38)5-3-15(31)25(46)47/h13-17H,3-12,29-32H2,1-2H3,(H,33,45)(H,34,50)(H,35,38)(H,41,42)(H,43,44)(H,46,47)(H,48,49)/t13?,14?,15-,16-,17-,28+/m0/s1. The molecule has 0 spiro atoms. The first-order chi connectivity index (χ1) is 24.1. The maximum atomic E-state index is 14.0. The number of nitrogens with one attached hydrogen (secondary N) is 3. The summed E-state index contributed by atoms with van der Waals surface area (Å²) >= 11 is 0. The van der Waals surface area contributed by atoms with Gasteiger partial charge in [0.15, 0.2) is 11.3 Å². The molecule has 0 aliphatic heterocycles. The van der Waals surface area contributed by atoms with Crippen molar-refractivity contribution in [1.82, 2.24) is 20.9 Å². The molecule has 0 aliphatic carbocycles. The summed E-state index contributed by atoms with van der Waals surface area (Å²) in [6.45, 7) is 0.824. The molecule has 0 aromatic heterocycles. The van der Waals surface area contributed by atoms with Gasteiger partial charge in [0.2, 0.25) is 23.6 Å². The van der Waals surface area contributed by atoms with Crippen LogP contribution in [0.3, 0.4) is 0 Å². The van der Waals surface area contributed by atoms with Crippen molar-refractivity contribution in [2.75, 3.05) is 24.6 Å². The average molecular weight is 783 g/mol. The van der Waals surface area contributed by atoms with Crippen LogP contribution in [0.15, 0.2) is 0 Å². The Balaban J connectivity index is 6.88. The van der Waals surface area contributed by atoms with E-state index in [9.17, 15) is 58.2 Å². The van der Waals surface area contributed by atoms with E-state index in [0.29, 0.717) is 26.5 Å². The van der Waals surface area contributed by atoms with Gasteiger partial charge in [0.05, 0.1) is 0 Å². The van der Waals surface area contributed by atoms with Crippen molar-refractivity contribution >= 4 is 80.8 Å². The lowest BCUT2D eigenvalue weighted by Crippen LogP contribution is -2.69. The van der Waals surface area contributed by atoms with Crippen molar-refractivity contribution in [2.24, 2.45) is 22.9 Å². The summed E-state index contributed by atoms with van der Waals surface area (Å²) in [4.78, 5) is 126. The number of nitrogens with zero attached hydrogens (tertiary/aromatic N) is 1. The Morgan fingerprint density at radius 3 is 1.67 bits per heavy atom. The molecular weight excluding hydrogens is 736 g/mol. The molecule has 0 aliphatic rings. The van der Waals surface area contributed by atoms with Crippen LogP contribution in [-0.4, -0.2) is 145 Å². The number of carboxylic acid groups (broad SMARTS) is 4. The van der Waals surface area contributed by atoms with E-state index in [1.807, 2.05) is 5.32 Å². The number of amides is 5. The van der Waals surface area contributed by atoms with E-state index in [0.717, 1.165) is 0 Å². The summed E-state index contributed by atoms with van der Waals surface area (Å²) in [5.41, 5.74) is 19.8. The Kier molecular flexibility index (Phi) is 21.3. The second-order valence-electron chi connectivity index (χ2n) is 11.6. The lowest BCUT2D eigenvalue weighted by atomic mass is 9.87. The molecule has 0 saturated carbocycles. The minimum atomic E-state index is -2.82. The molecule has 15 N–H and O–H groups in total. The Bertz CT molecular complexity index is 1350. The van der Waals surface area contributed by atoms with Crippen molar-refractivity contribution in [3.05, 3.63) is 0 Å². The Morgan fingerprint density at radius 2 is 1.19 bits per heavy atom. The number of hydrogen-bond acceptors (Lipinski definition) is 16. The highest BCUT2D eigenvalue weighted by molar-refractivity contribution is 8.76. The first-order valence-electron chi connectivity index (χ1n) is 15.5. The zero-order chi connectivity index (χ0) is 40.3. The van der Waals surface area contributed by atoms with E-state index >= 15 is 0 Å². The number of imide groups is 1. The van der Waals surface area contributed by atoms with Gasteiger partial charge in [-0.25, -0.2) is 0 Å². The molecule has 0 radical (unpaired) electrons. The van der Waals surface area contributed by atoms with E-state index < -0.39 is 152 Å². The van der Waals surface area contributed by atoms with Gasteiger partial charge in [0, 0.05) is 49.3 Å². The minimum Gasteiger partial charge on any atom is -0.480 e. The molecule has 6 atom stereocenters. The number of carbonyl (C=O) groups excluding carboxylic acids is 6. The van der Waals surface area contributed by atoms with E-state index in [2.05, 4.69) is 10.6 Å². The lowest BCUT2D eigenvalue weighted by Gasteiger charge is -2.40. The molecule has 0 rings (SSSR count). The highest BCUT2D eigenvalue weighted by atomic mass is 33.1. The molecule has 5 amide bonds. The molecular formula is C28H46N8O14S2. The van der Waals surface area contributed by atoms with Crippen LogP contribution in [0, 0.1) is 0 Å². The Hall–Kier alpha value is -4.36. The third kappa shape index (κ3) is 16.8. The van der Waals surface area contributed by atoms with Crippen LogP contribution in [-0.2, 0) is 47.9 Å². The van der Waals surface area contributed by atoms with E-state index in [1.165, 1.54) is 13.8 Å². The monoisotopic (exact) mass is 782 g/mol. The van der Waals surface area contributed by atoms with Crippen LogP contribution in [0.5, 0.6) is 0 Å². The number of carbonyl (C=O) groups is 10. The van der Waals surface area contributed by atoms with Gasteiger partial charge < -0.3 is 59.3 Å². The van der Waals surface area contributed by atoms with E-state index in [-0.39, 0.29) is 6.42 Å². The third-order valence-corrected chi connectivity index (χ3v) is 9.19. The molecule has 0 fully saturated rings. The van der Waals surface area contributed by atoms with Crippen molar-refractivity contribution in [3.63, 3.8) is 0 Å². The van der Waals surface area contributed by atoms with Crippen LogP contribution in [0.25, 0.3) is 0 Å². The molecule has 2 unspecified atom stereocenters. The van der Waals surface area contributed by atoms with Gasteiger partial charge in [-0.2, -0.15) is 0 Å². The predicted octanol–water partition coefficient (Wildman–Crippen LogP) is -4.22. The number of ketones is 1. The number of rotatable bonds is 26. The van der Waals surface area contributed by atoms with Crippen molar-refractivity contribution in [2.45, 2.75) is 88.1 Å². The topological polar surface area (TPSA) is 395 Å². The molecule has 0 heterocycles. The molecule has 294 valence electrons. The highest BCUT2D eigenvalue weighted by Gasteiger charge is 2.55. The molecule has 0 saturated heterocycles. The van der Waals surface area contributed by atoms with Gasteiger partial charge in [-0.1, -0.05) is 21.6 Å². The molecule has 0 aromatic rings. The zero-order valence-corrected chi connectivity index (χ0v) is 30.0. The normalized spacial score (nSPS) is 15.0. The maximum absolute atomic E-state index is 14.0. The predicted molar refractivity (Wildman–Crippen MR) is 184 cm³/mol. The number of carboxylic acids is 4. The fourth-order valence-corrected chi connectivity index (χ4v) is 6.76. The van der Waals surface area contributed by atoms with Crippen molar-refractivity contribution < 1.29 is 68.4 Å². The quantitative estimate of drug-likeness (QED) is 0.0225. The first kappa shape index (κ1) is 47.6. The van der Waals surface area contributed by atoms with Gasteiger partial charge in [-0.3, -0.25) is 52.8 Å². The summed E-state index contributed by atoms with van der Waals surface area (Å²) < 4.78 is 0. The SMILES string of the molecule is CC(N)CC(=O)N(C(=O)CC[C@H](N)C(=O)O)[C@](CSSC[C@H](NC(=O)CC[C@H](N)C(=O)O)C(=O)NCC(=O)O)(C(=O)CC(C)N)C(=O)NCC(=O)O. The van der Waals surface area contributed by atoms with E-state index in [1.54, 1.807) is 0 Å². The molecule has 52 heavy (non-hydrogen) atoms. The average Bonchev–Trinajstić information content (AvgIpc) is 3.03. The second-order valence-corrected chi connectivity index (χ2v) is 14.1. The summed E-state index contributed by atoms with van der Waals surface area (Å²) in [7, 11) is 1.31. The van der Waals surface area contributed by atoms with E-state index in [4.69, 9.17) is 33.1 Å². The van der Waals surface area contributed by atoms with Gasteiger partial charge in [0.1, 0.15) is 31.2 Å². The molecule has 22 nitrogen and oxygen atoms in total. The van der Waals surface area contributed by atoms with Gasteiger partial charge in [0.25, 0.3) is 5.91 Å². The molecule has 24 heteroatoms. The van der Waals surface area contributed by atoms with Crippen LogP contribution >= 0.6 is 21.6 Å². The second kappa shape index (κ2) is 23.3. The molecule has 0 aromatic carbocycles. The van der Waals surface area contributed by atoms with Crippen LogP contribution in [0.2, 0.25) is 0 Å². The maximum Gasteiger partial charge on any atom is 0.322 e. The zero-order valence-electron chi connectivity index (χ0n) is 28.4. The third-order valence-electron chi connectivity index (χ3n) is 6.76. The van der Waals surface area contributed by atoms with Crippen LogP contribution in [0.1, 0.15) is 52.4 Å². The largest absolute Gasteiger partial charge is 0.480 e. The van der Waals surface area contributed by atoms with Crippen LogP contribution in [0.4, 0.5) is 0 Å². The number of Topliss-reactive ketones (excluding diaryl/α,β-unsaturated/α-hetero) is 1. The summed E-state index contributed by atoms with van der Waals surface area (Å²) in [5.74, 6) is -13.8. The number of nitrogens with two attached hydrogens (primary N) is 4. The van der Waals surface area contributed by atoms with Crippen molar-refractivity contribution in [1.29, 1.82) is 0 Å². The fraction of sp³-hybridized carbons (Fsp3) is 0.643. The summed E-state index contributed by atoms with van der Waals surface area (Å²) in [6.07, 6.45) is -3.33. The van der Waals surface area contributed by atoms with Crippen LogP contribution < -0.4 is 38.9 Å². The fourth-order valence-electron chi connectivity index (χ4n) is 4.16. The highest BCUT2D eigenvalue weighted by Crippen LogP contribution is 2.33. The lowest BCUT2D eigenvalue weighted by molar-refractivity contribution is -0.163. The van der Waals surface area contributed by atoms with Gasteiger partial charge in [-0.05, 0) is 26.7 Å². The van der Waals surface area contributed by atoms with Crippen molar-refractivity contribution in [3.8, 4) is 0 Å². The summed E-state index contributed by atoms with van der Waals surface area (Å²) in [6, 6.07) is -6.39. The number of aliphatic carboxylic acids is 4. The number of hydrogen-bond donors (Lipinski definition) is 11. The molecule has 0 bridgehead atoms. The smallest absolute Gasteiger partial charge is 0.322 e. The van der Waals surface area contributed by atoms with Gasteiger partial charge in [-0.15, -0.1) is 0 Å². The van der Waals surface area contributed by atoms with Gasteiger partial charge >= 0.3 is 23.9 Å². The Labute approximate surface area is 305 Å². The Morgan fingerprint density at radius 1 is 0.692 bits per heavy atom. The summed E-state index contributed by atoms with van der Waals surface area (Å²) in [5, 5.41) is 42.8. The first-order valence-corrected chi connectivity index (χ1v) is 18.0.